The monoisotopic (exact) mass is 816 g/mol. The molecule has 4 heterocycles. The fourth-order valence-corrected chi connectivity index (χ4v) is 6.38. The molecule has 16 heteroatoms. The Morgan fingerprint density at radius 1 is 0.482 bits per heavy atom. The van der Waals surface area contributed by atoms with Gasteiger partial charge in [0.05, 0.1) is 11.1 Å². The average molecular weight is 817 g/mol. The molecule has 0 bridgehead atoms. The Morgan fingerprint density at radius 3 is 1.14 bits per heavy atom. The van der Waals surface area contributed by atoms with Crippen molar-refractivity contribution in [3.8, 4) is 22.5 Å². The van der Waals surface area contributed by atoms with Gasteiger partial charge >= 0.3 is 11.0 Å². The van der Waals surface area contributed by atoms with E-state index in [1.165, 1.54) is 56.2 Å². The number of benzene rings is 3. The third kappa shape index (κ3) is 10.4. The van der Waals surface area contributed by atoms with Gasteiger partial charge in [0.25, 0.3) is 0 Å². The fourth-order valence-electron chi connectivity index (χ4n) is 6.38. The van der Waals surface area contributed by atoms with E-state index in [1.807, 2.05) is 0 Å². The van der Waals surface area contributed by atoms with Crippen molar-refractivity contribution >= 4 is 44.5 Å². The Kier molecular flexibility index (Phi) is 13.0. The van der Waals surface area contributed by atoms with Crippen LogP contribution in [-0.4, -0.2) is 37.0 Å². The lowest BCUT2D eigenvalue weighted by Crippen LogP contribution is -2.40. The summed E-state index contributed by atoms with van der Waals surface area (Å²) in [4.78, 5) is 0. The first-order valence-electron chi connectivity index (χ1n) is 17.1. The molecule has 0 saturated carbocycles. The molecule has 5 aromatic rings. The standard InChI is InChI=1S/C38H34N2.2CHF3O3S/c1-3-11-29(12-4-1)21-25-33-17-7-19-35-37-31(15-9-27-39(33)35)23-24-32-16-10-28-40-34(18-8-20-36(40)38(32)37)26-22-30-13-5-2-6-14-30;2*2-1(3,4)8(5,6)7/h1-8,11-14,17-26H,9-10,15-16,27-28H2;2*(H,5,6,7)/q+2;;/p-2/b25-21+,26-22+;;. The van der Waals surface area contributed by atoms with Crippen molar-refractivity contribution in [3.63, 3.8) is 0 Å². The highest BCUT2D eigenvalue weighted by molar-refractivity contribution is 7.86. The molecule has 2 aliphatic rings. The molecule has 0 spiro atoms. The molecule has 7 rings (SSSR count). The third-order valence-corrected chi connectivity index (χ3v) is 9.99. The Balaban J connectivity index is 0.000000317. The number of fused-ring (bicyclic) bond motifs is 7. The van der Waals surface area contributed by atoms with Crippen LogP contribution in [-0.2, 0) is 46.2 Å². The lowest BCUT2D eigenvalue weighted by Gasteiger charge is -2.14. The van der Waals surface area contributed by atoms with E-state index >= 15 is 0 Å². The zero-order valence-electron chi connectivity index (χ0n) is 29.4. The van der Waals surface area contributed by atoms with E-state index in [2.05, 4.69) is 143 Å². The minimum Gasteiger partial charge on any atom is -0.741 e. The SMILES string of the molecule is C(=C\c1cccc2[n+]1CCCc1ccc3c(c1-2)-c1cccc(/C=C/c2ccccc2)[n+]1CCC3)/c1ccccc1.O=S(=O)([O-])C(F)(F)F.O=S(=O)([O-])C(F)(F)F. The quantitative estimate of drug-likeness (QED) is 0.0787. The molecule has 0 atom stereocenters. The maximum absolute atomic E-state index is 10.7. The number of rotatable bonds is 4. The van der Waals surface area contributed by atoms with Gasteiger partial charge in [-0.1, -0.05) is 72.8 Å². The first kappa shape index (κ1) is 42.0. The van der Waals surface area contributed by atoms with Crippen LogP contribution in [0.15, 0.2) is 109 Å². The fraction of sp³-hybridized carbons (Fsp3) is 0.200. The number of halogens is 6. The normalized spacial score (nSPS) is 14.1. The van der Waals surface area contributed by atoms with Crippen molar-refractivity contribution in [3.05, 3.63) is 143 Å². The molecule has 3 aromatic carbocycles. The highest BCUT2D eigenvalue weighted by Gasteiger charge is 2.38. The second-order valence-electron chi connectivity index (χ2n) is 12.6. The number of aryl methyl sites for hydroxylation is 2. The number of hydrogen-bond donors (Lipinski definition) is 0. The van der Waals surface area contributed by atoms with E-state index < -0.39 is 31.3 Å². The van der Waals surface area contributed by atoms with Gasteiger partial charge in [-0.05, 0) is 59.4 Å². The van der Waals surface area contributed by atoms with Crippen molar-refractivity contribution in [1.29, 1.82) is 0 Å². The molecule has 2 aliphatic heterocycles. The van der Waals surface area contributed by atoms with Gasteiger partial charge in [0.2, 0.25) is 22.8 Å². The minimum absolute atomic E-state index is 1.02. The van der Waals surface area contributed by atoms with Crippen molar-refractivity contribution in [2.45, 2.75) is 49.8 Å². The van der Waals surface area contributed by atoms with Crippen LogP contribution in [0.1, 0.15) is 46.5 Å². The topological polar surface area (TPSA) is 122 Å². The maximum atomic E-state index is 10.7. The molecule has 56 heavy (non-hydrogen) atoms. The van der Waals surface area contributed by atoms with Gasteiger partial charge < -0.3 is 9.11 Å². The van der Waals surface area contributed by atoms with Crippen molar-refractivity contribution < 1.29 is 61.4 Å². The summed E-state index contributed by atoms with van der Waals surface area (Å²) in [7, 11) is -12.2. The van der Waals surface area contributed by atoms with Gasteiger partial charge in [-0.3, -0.25) is 0 Å². The van der Waals surface area contributed by atoms with Crippen molar-refractivity contribution in [1.82, 2.24) is 0 Å². The van der Waals surface area contributed by atoms with E-state index in [4.69, 9.17) is 25.9 Å². The number of hydrogen-bond acceptors (Lipinski definition) is 6. The summed E-state index contributed by atoms with van der Waals surface area (Å²) in [5, 5.41) is 0. The second-order valence-corrected chi connectivity index (χ2v) is 15.3. The second kappa shape index (κ2) is 17.3. The van der Waals surface area contributed by atoms with Crippen LogP contribution in [0.5, 0.6) is 0 Å². The van der Waals surface area contributed by atoms with Crippen LogP contribution in [0.2, 0.25) is 0 Å². The van der Waals surface area contributed by atoms with Gasteiger partial charge in [-0.2, -0.15) is 35.5 Å². The van der Waals surface area contributed by atoms with Gasteiger partial charge in [0.15, 0.2) is 20.2 Å². The molecule has 0 fully saturated rings. The lowest BCUT2D eigenvalue weighted by molar-refractivity contribution is -0.689. The number of pyridine rings is 2. The summed E-state index contributed by atoms with van der Waals surface area (Å²) in [5.74, 6) is 0. The first-order valence-corrected chi connectivity index (χ1v) is 19.9. The summed E-state index contributed by atoms with van der Waals surface area (Å²) in [6, 6.07) is 39.6. The summed E-state index contributed by atoms with van der Waals surface area (Å²) < 4.78 is 123. The van der Waals surface area contributed by atoms with Gasteiger partial charge in [0, 0.05) is 49.3 Å². The molecule has 0 saturated heterocycles. The molecule has 0 radical (unpaired) electrons. The number of alkyl halides is 6. The van der Waals surface area contributed by atoms with E-state index in [1.54, 1.807) is 0 Å². The first-order chi connectivity index (χ1) is 26.3. The van der Waals surface area contributed by atoms with Crippen LogP contribution in [0, 0.1) is 0 Å². The summed E-state index contributed by atoms with van der Waals surface area (Å²) in [6.45, 7) is 2.04. The summed E-state index contributed by atoms with van der Waals surface area (Å²) in [5.41, 5.74) is 2.11. The minimum atomic E-state index is -6.09. The van der Waals surface area contributed by atoms with E-state index in [9.17, 15) is 26.3 Å². The van der Waals surface area contributed by atoms with Crippen molar-refractivity contribution in [2.75, 3.05) is 0 Å². The summed E-state index contributed by atoms with van der Waals surface area (Å²) >= 11 is 0. The zero-order valence-corrected chi connectivity index (χ0v) is 31.0. The van der Waals surface area contributed by atoms with Crippen LogP contribution in [0.4, 0.5) is 26.3 Å². The van der Waals surface area contributed by atoms with Crippen LogP contribution >= 0.6 is 0 Å². The third-order valence-electron chi connectivity index (χ3n) is 8.85. The average Bonchev–Trinajstić information content (AvgIpc) is 3.45. The molecule has 294 valence electrons. The van der Waals surface area contributed by atoms with Crippen LogP contribution in [0.25, 0.3) is 46.8 Å². The molecule has 0 amide bonds. The van der Waals surface area contributed by atoms with Gasteiger partial charge in [-0.25, -0.2) is 16.8 Å². The molecule has 8 nitrogen and oxygen atoms in total. The van der Waals surface area contributed by atoms with Gasteiger partial charge in [0.1, 0.15) is 13.1 Å². The van der Waals surface area contributed by atoms with E-state index in [0.717, 1.165) is 38.8 Å². The molecule has 0 aliphatic carbocycles. The number of aromatic nitrogens is 2. The predicted octanol–water partition coefficient (Wildman–Crippen LogP) is 7.93. The van der Waals surface area contributed by atoms with Crippen LogP contribution in [0.3, 0.4) is 0 Å². The maximum Gasteiger partial charge on any atom is 0.485 e. The van der Waals surface area contributed by atoms with Gasteiger partial charge in [-0.15, -0.1) is 0 Å². The largest absolute Gasteiger partial charge is 0.741 e. The molecule has 0 unspecified atom stereocenters. The lowest BCUT2D eigenvalue weighted by atomic mass is 9.88. The highest BCUT2D eigenvalue weighted by Crippen LogP contribution is 2.39. The Morgan fingerprint density at radius 2 is 0.821 bits per heavy atom. The Labute approximate surface area is 320 Å². The van der Waals surface area contributed by atoms with Crippen LogP contribution < -0.4 is 9.13 Å². The molecule has 0 N–H and O–H groups in total. The smallest absolute Gasteiger partial charge is 0.485 e. The molecule has 2 aromatic heterocycles. The number of nitrogens with zero attached hydrogens (tertiary/aromatic N) is 2. The summed E-state index contributed by atoms with van der Waals surface area (Å²) in [6.07, 6.45) is 13.5. The van der Waals surface area contributed by atoms with E-state index in [-0.39, 0.29) is 0 Å². The zero-order chi connectivity index (χ0) is 40.7. The Hall–Kier alpha value is -5.16. The molecular formula is C40H34F6N2O6S2. The molecular weight excluding hydrogens is 783 g/mol. The van der Waals surface area contributed by atoms with E-state index in [0.29, 0.717) is 0 Å². The predicted molar refractivity (Wildman–Crippen MR) is 197 cm³/mol. The highest BCUT2D eigenvalue weighted by atomic mass is 32.2. The van der Waals surface area contributed by atoms with Crippen molar-refractivity contribution in [2.24, 2.45) is 0 Å². The Bertz CT molecular complexity index is 2280.